The molecular formula is C13H12N2O3. The van der Waals surface area contributed by atoms with Crippen molar-refractivity contribution in [1.82, 2.24) is 9.97 Å². The number of hydrogen-bond acceptors (Lipinski definition) is 5. The number of aromatic nitrogens is 2. The molecule has 0 aliphatic heterocycles. The van der Waals surface area contributed by atoms with Crippen LogP contribution in [-0.2, 0) is 9.53 Å². The number of carbonyl (C=O) groups is 1. The number of carbonyl (C=O) groups excluding carboxylic acids is 1. The molecule has 0 fully saturated rings. The van der Waals surface area contributed by atoms with E-state index in [9.17, 15) is 4.79 Å². The molecule has 0 saturated heterocycles. The molecule has 0 atom stereocenters. The van der Waals surface area contributed by atoms with E-state index in [0.29, 0.717) is 22.5 Å². The van der Waals surface area contributed by atoms with Crippen LogP contribution in [0.4, 0.5) is 0 Å². The third-order valence-corrected chi connectivity index (χ3v) is 2.52. The summed E-state index contributed by atoms with van der Waals surface area (Å²) in [7, 11) is 2.84. The lowest BCUT2D eigenvalue weighted by Crippen LogP contribution is -2.04. The molecule has 18 heavy (non-hydrogen) atoms. The molecule has 5 heteroatoms. The van der Waals surface area contributed by atoms with Crippen molar-refractivity contribution >= 4 is 22.6 Å². The third-order valence-electron chi connectivity index (χ3n) is 2.52. The van der Waals surface area contributed by atoms with Crippen molar-refractivity contribution in [1.29, 1.82) is 0 Å². The molecule has 0 amide bonds. The second-order valence-corrected chi connectivity index (χ2v) is 3.55. The Morgan fingerprint density at radius 1 is 1.28 bits per heavy atom. The molecule has 0 aliphatic carbocycles. The number of rotatable bonds is 3. The van der Waals surface area contributed by atoms with E-state index in [4.69, 9.17) is 4.74 Å². The van der Waals surface area contributed by atoms with E-state index >= 15 is 0 Å². The summed E-state index contributed by atoms with van der Waals surface area (Å²) in [4.78, 5) is 20.0. The molecule has 92 valence electrons. The number of pyridine rings is 2. The number of ether oxygens (including phenoxy) is 2. The number of hydrogen-bond donors (Lipinski definition) is 0. The van der Waals surface area contributed by atoms with E-state index < -0.39 is 5.97 Å². The third kappa shape index (κ3) is 2.02. The highest BCUT2D eigenvalue weighted by Gasteiger charge is 2.14. The number of nitrogens with zero attached hydrogens (tertiary/aromatic N) is 2. The van der Waals surface area contributed by atoms with Crippen molar-refractivity contribution in [2.45, 2.75) is 0 Å². The minimum absolute atomic E-state index is 0.241. The summed E-state index contributed by atoms with van der Waals surface area (Å²) in [6, 6.07) is 5.16. The Labute approximate surface area is 104 Å². The van der Waals surface area contributed by atoms with E-state index in [1.54, 1.807) is 24.4 Å². The summed E-state index contributed by atoms with van der Waals surface area (Å²) in [5.74, 6) is -0.0402. The zero-order valence-electron chi connectivity index (χ0n) is 10.1. The van der Waals surface area contributed by atoms with Gasteiger partial charge in [0.2, 0.25) is 5.88 Å². The molecule has 2 aromatic rings. The van der Waals surface area contributed by atoms with Crippen LogP contribution in [0.5, 0.6) is 5.88 Å². The first kappa shape index (κ1) is 12.0. The Bertz CT molecular complexity index is 623. The molecule has 0 spiro atoms. The van der Waals surface area contributed by atoms with Crippen LogP contribution >= 0.6 is 0 Å². The molecule has 0 saturated carbocycles. The van der Waals surface area contributed by atoms with Gasteiger partial charge < -0.3 is 9.47 Å². The smallest absolute Gasteiger partial charge is 0.337 e. The maximum Gasteiger partial charge on any atom is 0.337 e. The van der Waals surface area contributed by atoms with Crippen LogP contribution in [0.15, 0.2) is 31.0 Å². The molecule has 0 unspecified atom stereocenters. The monoisotopic (exact) mass is 244 g/mol. The van der Waals surface area contributed by atoms with Crippen molar-refractivity contribution in [3.8, 4) is 5.88 Å². The molecule has 0 aliphatic rings. The van der Waals surface area contributed by atoms with E-state index in [1.165, 1.54) is 14.2 Å². The normalized spacial score (nSPS) is 10.1. The van der Waals surface area contributed by atoms with Gasteiger partial charge in [0.05, 0.1) is 25.3 Å². The maximum atomic E-state index is 11.5. The predicted molar refractivity (Wildman–Crippen MR) is 67.1 cm³/mol. The molecular weight excluding hydrogens is 232 g/mol. The standard InChI is InChI=1S/C13H12N2O3/c1-8(13(16)18-3)9-6-7-14-10-4-5-11(17-2)15-12(9)10/h4-7H,1H2,2-3H3. The fourth-order valence-corrected chi connectivity index (χ4v) is 1.60. The Morgan fingerprint density at radius 2 is 2.06 bits per heavy atom. The first-order valence-electron chi connectivity index (χ1n) is 5.24. The van der Waals surface area contributed by atoms with E-state index in [0.717, 1.165) is 0 Å². The highest BCUT2D eigenvalue weighted by Crippen LogP contribution is 2.23. The van der Waals surface area contributed by atoms with Crippen molar-refractivity contribution in [3.63, 3.8) is 0 Å². The Morgan fingerprint density at radius 3 is 2.72 bits per heavy atom. The van der Waals surface area contributed by atoms with Gasteiger partial charge >= 0.3 is 5.97 Å². The van der Waals surface area contributed by atoms with Crippen LogP contribution in [0.2, 0.25) is 0 Å². The van der Waals surface area contributed by atoms with Gasteiger partial charge in [0.1, 0.15) is 5.52 Å². The fourth-order valence-electron chi connectivity index (χ4n) is 1.60. The molecule has 2 aromatic heterocycles. The van der Waals surface area contributed by atoms with E-state index in [1.807, 2.05) is 0 Å². The Hall–Kier alpha value is -2.43. The molecule has 2 rings (SSSR count). The molecule has 5 nitrogen and oxygen atoms in total. The van der Waals surface area contributed by atoms with Crippen LogP contribution in [0.3, 0.4) is 0 Å². The first-order valence-corrected chi connectivity index (χ1v) is 5.24. The minimum atomic E-state index is -0.493. The Kier molecular flexibility index (Phi) is 3.23. The van der Waals surface area contributed by atoms with Crippen LogP contribution in [0.25, 0.3) is 16.6 Å². The van der Waals surface area contributed by atoms with Gasteiger partial charge in [-0.3, -0.25) is 4.98 Å². The topological polar surface area (TPSA) is 61.3 Å². The summed E-state index contributed by atoms with van der Waals surface area (Å²) in [5, 5.41) is 0. The number of fused-ring (bicyclic) bond motifs is 1. The second-order valence-electron chi connectivity index (χ2n) is 3.55. The maximum absolute atomic E-state index is 11.5. The molecule has 0 N–H and O–H groups in total. The molecule has 2 heterocycles. The van der Waals surface area contributed by atoms with Gasteiger partial charge in [-0.25, -0.2) is 9.78 Å². The lowest BCUT2D eigenvalue weighted by Gasteiger charge is -2.07. The summed E-state index contributed by atoms with van der Waals surface area (Å²) in [6.07, 6.45) is 1.60. The van der Waals surface area contributed by atoms with Crippen LogP contribution in [0.1, 0.15) is 5.56 Å². The van der Waals surface area contributed by atoms with Gasteiger partial charge in [-0.1, -0.05) is 6.58 Å². The lowest BCUT2D eigenvalue weighted by molar-refractivity contribution is -0.133. The largest absolute Gasteiger partial charge is 0.481 e. The highest BCUT2D eigenvalue weighted by atomic mass is 16.5. The average molecular weight is 244 g/mol. The van der Waals surface area contributed by atoms with Crippen LogP contribution in [0, 0.1) is 0 Å². The summed E-state index contributed by atoms with van der Waals surface area (Å²) < 4.78 is 9.71. The molecule has 0 aromatic carbocycles. The number of methoxy groups -OCH3 is 2. The van der Waals surface area contributed by atoms with Gasteiger partial charge in [-0.05, 0) is 12.1 Å². The SMILES string of the molecule is C=C(C(=O)OC)c1ccnc2ccc(OC)nc12. The summed E-state index contributed by atoms with van der Waals surface area (Å²) in [6.45, 7) is 3.72. The molecule has 0 radical (unpaired) electrons. The highest BCUT2D eigenvalue weighted by molar-refractivity contribution is 6.18. The average Bonchev–Trinajstić information content (AvgIpc) is 2.44. The minimum Gasteiger partial charge on any atom is -0.481 e. The van der Waals surface area contributed by atoms with Crippen molar-refractivity contribution in [2.24, 2.45) is 0 Å². The van der Waals surface area contributed by atoms with Gasteiger partial charge in [0, 0.05) is 17.8 Å². The van der Waals surface area contributed by atoms with Crippen molar-refractivity contribution < 1.29 is 14.3 Å². The summed E-state index contributed by atoms with van der Waals surface area (Å²) >= 11 is 0. The fraction of sp³-hybridized carbons (Fsp3) is 0.154. The second kappa shape index (κ2) is 4.83. The number of esters is 1. The van der Waals surface area contributed by atoms with Gasteiger partial charge in [0.15, 0.2) is 0 Å². The van der Waals surface area contributed by atoms with Crippen molar-refractivity contribution in [2.75, 3.05) is 14.2 Å². The zero-order valence-corrected chi connectivity index (χ0v) is 10.1. The predicted octanol–water partition coefficient (Wildman–Crippen LogP) is 1.82. The van der Waals surface area contributed by atoms with Gasteiger partial charge in [-0.2, -0.15) is 0 Å². The van der Waals surface area contributed by atoms with Crippen molar-refractivity contribution in [3.05, 3.63) is 36.5 Å². The molecule has 0 bridgehead atoms. The first-order chi connectivity index (χ1) is 8.67. The summed E-state index contributed by atoms with van der Waals surface area (Å²) in [5.41, 5.74) is 2.06. The van der Waals surface area contributed by atoms with Gasteiger partial charge in [-0.15, -0.1) is 0 Å². The van der Waals surface area contributed by atoms with Gasteiger partial charge in [0.25, 0.3) is 0 Å². The quantitative estimate of drug-likeness (QED) is 0.608. The zero-order chi connectivity index (χ0) is 13.1. The van der Waals surface area contributed by atoms with Crippen LogP contribution < -0.4 is 4.74 Å². The van der Waals surface area contributed by atoms with E-state index in [2.05, 4.69) is 21.3 Å². The van der Waals surface area contributed by atoms with Crippen LogP contribution in [-0.4, -0.2) is 30.2 Å². The van der Waals surface area contributed by atoms with E-state index in [-0.39, 0.29) is 5.57 Å². The lowest BCUT2D eigenvalue weighted by atomic mass is 10.1. The Balaban J connectivity index is 2.63.